The third kappa shape index (κ3) is 3.20. The van der Waals surface area contributed by atoms with Crippen LogP contribution in [0.15, 0.2) is 59.8 Å². The minimum Gasteiger partial charge on any atom is -0.335 e. The first-order valence-corrected chi connectivity index (χ1v) is 7.73. The average Bonchev–Trinajstić information content (AvgIpc) is 2.89. The lowest BCUT2D eigenvalue weighted by atomic mass is 10.2. The van der Waals surface area contributed by atoms with Gasteiger partial charge in [-0.25, -0.2) is 4.68 Å². The SMILES string of the molecule is Nn1c(SCc2ccc(Cl)cc2)nnc1-c1ccccc1. The third-order valence-electron chi connectivity index (χ3n) is 2.98. The molecular weight excluding hydrogens is 304 g/mol. The van der Waals surface area contributed by atoms with Crippen molar-refractivity contribution < 1.29 is 0 Å². The van der Waals surface area contributed by atoms with E-state index in [0.29, 0.717) is 11.0 Å². The summed E-state index contributed by atoms with van der Waals surface area (Å²) in [5.74, 6) is 7.50. The lowest BCUT2D eigenvalue weighted by Gasteiger charge is -2.04. The molecule has 0 aliphatic heterocycles. The number of rotatable bonds is 4. The van der Waals surface area contributed by atoms with E-state index in [1.54, 1.807) is 11.8 Å². The highest BCUT2D eigenvalue weighted by Gasteiger charge is 2.11. The number of nitrogen functional groups attached to an aromatic ring is 1. The number of benzene rings is 2. The average molecular weight is 317 g/mol. The largest absolute Gasteiger partial charge is 0.335 e. The Morgan fingerprint density at radius 1 is 1.00 bits per heavy atom. The number of thioether (sulfide) groups is 1. The maximum Gasteiger partial charge on any atom is 0.210 e. The van der Waals surface area contributed by atoms with Crippen LogP contribution >= 0.6 is 23.4 Å². The Morgan fingerprint density at radius 3 is 2.43 bits per heavy atom. The van der Waals surface area contributed by atoms with Crippen molar-refractivity contribution in [2.75, 3.05) is 5.84 Å². The first-order valence-electron chi connectivity index (χ1n) is 6.37. The summed E-state index contributed by atoms with van der Waals surface area (Å²) < 4.78 is 1.52. The molecule has 2 aromatic carbocycles. The van der Waals surface area contributed by atoms with Crippen LogP contribution in [0.1, 0.15) is 5.56 Å². The predicted octanol–water partition coefficient (Wildman–Crippen LogP) is 3.60. The van der Waals surface area contributed by atoms with Crippen molar-refractivity contribution in [2.45, 2.75) is 10.9 Å². The molecular formula is C15H13ClN4S. The van der Waals surface area contributed by atoms with Crippen LogP contribution in [0, 0.1) is 0 Å². The zero-order chi connectivity index (χ0) is 14.7. The van der Waals surface area contributed by atoms with Gasteiger partial charge in [0.1, 0.15) is 0 Å². The van der Waals surface area contributed by atoms with Gasteiger partial charge in [-0.15, -0.1) is 10.2 Å². The Kier molecular flexibility index (Phi) is 4.13. The van der Waals surface area contributed by atoms with Crippen molar-refractivity contribution in [1.29, 1.82) is 0 Å². The van der Waals surface area contributed by atoms with Gasteiger partial charge in [-0.2, -0.15) is 0 Å². The highest BCUT2D eigenvalue weighted by atomic mass is 35.5. The summed E-state index contributed by atoms with van der Waals surface area (Å²) in [5.41, 5.74) is 2.11. The van der Waals surface area contributed by atoms with Crippen LogP contribution in [0.25, 0.3) is 11.4 Å². The summed E-state index contributed by atoms with van der Waals surface area (Å²) in [6.45, 7) is 0. The molecule has 0 saturated heterocycles. The zero-order valence-electron chi connectivity index (χ0n) is 11.1. The van der Waals surface area contributed by atoms with E-state index in [-0.39, 0.29) is 0 Å². The molecule has 0 spiro atoms. The van der Waals surface area contributed by atoms with E-state index in [9.17, 15) is 0 Å². The molecule has 2 N–H and O–H groups in total. The summed E-state index contributed by atoms with van der Waals surface area (Å²) in [6, 6.07) is 17.5. The van der Waals surface area contributed by atoms with E-state index in [1.807, 2.05) is 54.6 Å². The summed E-state index contributed by atoms with van der Waals surface area (Å²) in [4.78, 5) is 0. The molecule has 21 heavy (non-hydrogen) atoms. The molecule has 4 nitrogen and oxygen atoms in total. The monoisotopic (exact) mass is 316 g/mol. The normalized spacial score (nSPS) is 10.7. The molecule has 0 atom stereocenters. The Hall–Kier alpha value is -1.98. The fourth-order valence-corrected chi connectivity index (χ4v) is 2.83. The van der Waals surface area contributed by atoms with Crippen LogP contribution in [0.4, 0.5) is 0 Å². The molecule has 0 saturated carbocycles. The summed E-state index contributed by atoms with van der Waals surface area (Å²) in [5, 5.41) is 9.73. The van der Waals surface area contributed by atoms with Gasteiger partial charge >= 0.3 is 0 Å². The fraction of sp³-hybridized carbons (Fsp3) is 0.0667. The molecule has 1 heterocycles. The molecule has 3 rings (SSSR count). The van der Waals surface area contributed by atoms with Gasteiger partial charge in [0.05, 0.1) is 0 Å². The number of halogens is 1. The first kappa shape index (κ1) is 14.0. The second kappa shape index (κ2) is 6.20. The third-order valence-corrected chi connectivity index (χ3v) is 4.24. The zero-order valence-corrected chi connectivity index (χ0v) is 12.7. The van der Waals surface area contributed by atoms with Crippen LogP contribution < -0.4 is 5.84 Å². The number of nitrogens with zero attached hydrogens (tertiary/aromatic N) is 3. The standard InChI is InChI=1S/C15H13ClN4S/c16-13-8-6-11(7-9-13)10-21-15-19-18-14(20(15)17)12-4-2-1-3-5-12/h1-9H,10,17H2. The summed E-state index contributed by atoms with van der Waals surface area (Å²) in [6.07, 6.45) is 0. The highest BCUT2D eigenvalue weighted by Crippen LogP contribution is 2.24. The van der Waals surface area contributed by atoms with Crippen molar-refractivity contribution in [3.8, 4) is 11.4 Å². The summed E-state index contributed by atoms with van der Waals surface area (Å²) in [7, 11) is 0. The van der Waals surface area contributed by atoms with E-state index in [2.05, 4.69) is 10.2 Å². The minimum absolute atomic E-state index is 0.661. The smallest absolute Gasteiger partial charge is 0.210 e. The molecule has 0 aliphatic rings. The van der Waals surface area contributed by atoms with Gasteiger partial charge in [0.15, 0.2) is 5.82 Å². The molecule has 0 fully saturated rings. The number of nitrogens with two attached hydrogens (primary N) is 1. The van der Waals surface area contributed by atoms with Gasteiger partial charge in [-0.3, -0.25) is 0 Å². The predicted molar refractivity (Wildman–Crippen MR) is 86.6 cm³/mol. The van der Waals surface area contributed by atoms with E-state index in [1.165, 1.54) is 4.68 Å². The van der Waals surface area contributed by atoms with Crippen molar-refractivity contribution in [1.82, 2.24) is 14.9 Å². The molecule has 0 unspecified atom stereocenters. The molecule has 6 heteroatoms. The second-order valence-corrected chi connectivity index (χ2v) is 5.84. The van der Waals surface area contributed by atoms with Gasteiger partial charge in [0.2, 0.25) is 5.16 Å². The van der Waals surface area contributed by atoms with Crippen LogP contribution in [0.2, 0.25) is 5.02 Å². The van der Waals surface area contributed by atoms with Crippen LogP contribution in [0.5, 0.6) is 0 Å². The minimum atomic E-state index is 0.661. The van der Waals surface area contributed by atoms with Crippen LogP contribution in [-0.2, 0) is 5.75 Å². The molecule has 0 amide bonds. The fourth-order valence-electron chi connectivity index (χ4n) is 1.89. The van der Waals surface area contributed by atoms with Gasteiger partial charge in [0.25, 0.3) is 0 Å². The van der Waals surface area contributed by atoms with Gasteiger partial charge in [0, 0.05) is 16.3 Å². The Morgan fingerprint density at radius 2 is 1.71 bits per heavy atom. The van der Waals surface area contributed by atoms with Crippen molar-refractivity contribution in [3.05, 3.63) is 65.2 Å². The summed E-state index contributed by atoms with van der Waals surface area (Å²) >= 11 is 7.41. The molecule has 0 aliphatic carbocycles. The van der Waals surface area contributed by atoms with E-state index >= 15 is 0 Å². The molecule has 1 aromatic heterocycles. The van der Waals surface area contributed by atoms with Gasteiger partial charge in [-0.05, 0) is 17.7 Å². The number of hydrogen-bond acceptors (Lipinski definition) is 4. The van der Waals surface area contributed by atoms with E-state index in [4.69, 9.17) is 17.4 Å². The van der Waals surface area contributed by atoms with Crippen LogP contribution in [0.3, 0.4) is 0 Å². The molecule has 0 radical (unpaired) electrons. The lowest BCUT2D eigenvalue weighted by molar-refractivity contribution is 0.849. The van der Waals surface area contributed by atoms with Gasteiger partial charge in [-0.1, -0.05) is 65.8 Å². The van der Waals surface area contributed by atoms with Gasteiger partial charge < -0.3 is 5.84 Å². The Bertz CT molecular complexity index is 725. The molecule has 3 aromatic rings. The van der Waals surface area contributed by atoms with Crippen molar-refractivity contribution >= 4 is 23.4 Å². The number of hydrogen-bond donors (Lipinski definition) is 1. The van der Waals surface area contributed by atoms with Crippen LogP contribution in [-0.4, -0.2) is 14.9 Å². The van der Waals surface area contributed by atoms with E-state index in [0.717, 1.165) is 21.9 Å². The maximum atomic E-state index is 6.07. The van der Waals surface area contributed by atoms with Crippen molar-refractivity contribution in [3.63, 3.8) is 0 Å². The van der Waals surface area contributed by atoms with Crippen molar-refractivity contribution in [2.24, 2.45) is 0 Å². The Labute approximate surface area is 131 Å². The molecule has 106 valence electrons. The highest BCUT2D eigenvalue weighted by molar-refractivity contribution is 7.98. The maximum absolute atomic E-state index is 6.07. The first-order chi connectivity index (χ1) is 10.2. The second-order valence-electron chi connectivity index (χ2n) is 4.46. The topological polar surface area (TPSA) is 56.7 Å². The molecule has 0 bridgehead atoms. The van der Waals surface area contributed by atoms with E-state index < -0.39 is 0 Å². The number of aromatic nitrogens is 3. The Balaban J connectivity index is 1.75. The lowest BCUT2D eigenvalue weighted by Crippen LogP contribution is -2.11. The quantitative estimate of drug-likeness (QED) is 0.590.